The van der Waals surface area contributed by atoms with Gasteiger partial charge in [0.15, 0.2) is 11.5 Å². The lowest BCUT2D eigenvalue weighted by molar-refractivity contribution is -0.130. The number of carbonyl (C=O) groups excluding carboxylic acids is 1. The first-order chi connectivity index (χ1) is 12.6. The van der Waals surface area contributed by atoms with Crippen LogP contribution in [-0.2, 0) is 11.2 Å². The smallest absolute Gasteiger partial charge is 0.227 e. The molecule has 0 aromatic heterocycles. The molecule has 6 nitrogen and oxygen atoms in total. The van der Waals surface area contributed by atoms with E-state index in [1.54, 1.807) is 20.3 Å². The summed E-state index contributed by atoms with van der Waals surface area (Å²) in [6.45, 7) is 2.69. The molecule has 3 rings (SSSR count). The summed E-state index contributed by atoms with van der Waals surface area (Å²) in [6.07, 6.45) is 0.330. The summed E-state index contributed by atoms with van der Waals surface area (Å²) in [4.78, 5) is 16.6. The number of phenols is 1. The molecule has 0 bridgehead atoms. The topological polar surface area (TPSA) is 62.2 Å². The highest BCUT2D eigenvalue weighted by molar-refractivity contribution is 5.79. The number of methoxy groups -OCH3 is 2. The van der Waals surface area contributed by atoms with Crippen LogP contribution in [0.5, 0.6) is 17.2 Å². The summed E-state index contributed by atoms with van der Waals surface area (Å²) in [6, 6.07) is 12.8. The van der Waals surface area contributed by atoms with Crippen LogP contribution >= 0.6 is 0 Å². The molecule has 1 heterocycles. The fraction of sp³-hybridized carbons (Fsp3) is 0.350. The summed E-state index contributed by atoms with van der Waals surface area (Å²) in [7, 11) is 3.17. The number of carbonyl (C=O) groups is 1. The van der Waals surface area contributed by atoms with E-state index in [0.717, 1.165) is 11.3 Å². The van der Waals surface area contributed by atoms with Crippen LogP contribution in [-0.4, -0.2) is 56.3 Å². The first-order valence-electron chi connectivity index (χ1n) is 8.64. The quantitative estimate of drug-likeness (QED) is 0.891. The van der Waals surface area contributed by atoms with Gasteiger partial charge in [-0.05, 0) is 29.8 Å². The minimum atomic E-state index is 0.0918. The summed E-state index contributed by atoms with van der Waals surface area (Å²) >= 11 is 0. The first-order valence-corrected chi connectivity index (χ1v) is 8.64. The van der Waals surface area contributed by atoms with Crippen molar-refractivity contribution in [1.82, 2.24) is 4.90 Å². The van der Waals surface area contributed by atoms with Crippen molar-refractivity contribution in [3.05, 3.63) is 48.0 Å². The lowest BCUT2D eigenvalue weighted by Gasteiger charge is -2.36. The molecule has 2 aromatic carbocycles. The van der Waals surface area contributed by atoms with Crippen LogP contribution in [0.3, 0.4) is 0 Å². The Bertz CT molecular complexity index is 770. The molecule has 6 heteroatoms. The third-order valence-corrected chi connectivity index (χ3v) is 4.66. The maximum Gasteiger partial charge on any atom is 0.227 e. The molecule has 1 aliphatic heterocycles. The van der Waals surface area contributed by atoms with Crippen molar-refractivity contribution in [3.8, 4) is 17.2 Å². The van der Waals surface area contributed by atoms with Gasteiger partial charge in [0.05, 0.1) is 26.3 Å². The van der Waals surface area contributed by atoms with Crippen molar-refractivity contribution < 1.29 is 19.4 Å². The second-order valence-corrected chi connectivity index (χ2v) is 6.22. The molecule has 0 radical (unpaired) electrons. The fourth-order valence-corrected chi connectivity index (χ4v) is 3.21. The van der Waals surface area contributed by atoms with Gasteiger partial charge in [0.2, 0.25) is 5.91 Å². The first kappa shape index (κ1) is 17.9. The van der Waals surface area contributed by atoms with E-state index in [2.05, 4.69) is 4.90 Å². The normalized spacial score (nSPS) is 14.2. The van der Waals surface area contributed by atoms with Gasteiger partial charge in [0.1, 0.15) is 5.75 Å². The Morgan fingerprint density at radius 2 is 1.69 bits per heavy atom. The molecule has 0 spiro atoms. The Balaban J connectivity index is 1.60. The molecular weight excluding hydrogens is 332 g/mol. The van der Waals surface area contributed by atoms with E-state index in [1.165, 1.54) is 0 Å². The Morgan fingerprint density at radius 1 is 1.00 bits per heavy atom. The van der Waals surface area contributed by atoms with Crippen molar-refractivity contribution in [2.45, 2.75) is 6.42 Å². The zero-order chi connectivity index (χ0) is 18.5. The number of aromatic hydroxyl groups is 1. The van der Waals surface area contributed by atoms with E-state index in [9.17, 15) is 9.90 Å². The van der Waals surface area contributed by atoms with E-state index in [1.807, 2.05) is 41.3 Å². The van der Waals surface area contributed by atoms with Gasteiger partial charge in [0, 0.05) is 26.2 Å². The van der Waals surface area contributed by atoms with Crippen LogP contribution < -0.4 is 14.4 Å². The number of phenolic OH excluding ortho intramolecular Hbond substituents is 1. The number of ether oxygens (including phenoxy) is 2. The molecule has 0 atom stereocenters. The van der Waals surface area contributed by atoms with Crippen LogP contribution in [0.4, 0.5) is 5.69 Å². The number of hydrogen-bond acceptors (Lipinski definition) is 5. The van der Waals surface area contributed by atoms with Crippen LogP contribution in [0.15, 0.2) is 42.5 Å². The summed E-state index contributed by atoms with van der Waals surface area (Å²) < 4.78 is 10.5. The zero-order valence-electron chi connectivity index (χ0n) is 15.1. The number of para-hydroxylation sites is 2. The fourth-order valence-electron chi connectivity index (χ4n) is 3.21. The Kier molecular flexibility index (Phi) is 5.51. The Hall–Kier alpha value is -2.89. The highest BCUT2D eigenvalue weighted by Gasteiger charge is 2.22. The minimum absolute atomic E-state index is 0.0918. The maximum atomic E-state index is 12.6. The standard InChI is InChI=1S/C20H24N2O4/c1-25-18-8-7-15(13-19(18)26-2)14-20(24)22-11-9-21(10-12-22)16-5-3-4-6-17(16)23/h3-8,13,23H,9-12,14H2,1-2H3. The lowest BCUT2D eigenvalue weighted by atomic mass is 10.1. The highest BCUT2D eigenvalue weighted by atomic mass is 16.5. The number of hydrogen-bond donors (Lipinski definition) is 1. The molecule has 0 unspecified atom stereocenters. The van der Waals surface area contributed by atoms with E-state index in [0.29, 0.717) is 44.1 Å². The second kappa shape index (κ2) is 7.99. The van der Waals surface area contributed by atoms with Gasteiger partial charge >= 0.3 is 0 Å². The Labute approximate surface area is 153 Å². The highest BCUT2D eigenvalue weighted by Crippen LogP contribution is 2.29. The third-order valence-electron chi connectivity index (χ3n) is 4.66. The van der Waals surface area contributed by atoms with E-state index in [4.69, 9.17) is 9.47 Å². The van der Waals surface area contributed by atoms with Crippen molar-refractivity contribution >= 4 is 11.6 Å². The summed E-state index contributed by atoms with van der Waals surface area (Å²) in [5.74, 6) is 1.65. The van der Waals surface area contributed by atoms with Crippen molar-refractivity contribution in [3.63, 3.8) is 0 Å². The van der Waals surface area contributed by atoms with Gasteiger partial charge in [-0.2, -0.15) is 0 Å². The maximum absolute atomic E-state index is 12.6. The SMILES string of the molecule is COc1ccc(CC(=O)N2CCN(c3ccccc3O)CC2)cc1OC. The monoisotopic (exact) mass is 356 g/mol. The van der Waals surface area contributed by atoms with Crippen LogP contribution in [0.25, 0.3) is 0 Å². The molecular formula is C20H24N2O4. The minimum Gasteiger partial charge on any atom is -0.506 e. The van der Waals surface area contributed by atoms with Gasteiger partial charge in [-0.3, -0.25) is 4.79 Å². The van der Waals surface area contributed by atoms with Gasteiger partial charge in [-0.1, -0.05) is 18.2 Å². The molecule has 1 amide bonds. The van der Waals surface area contributed by atoms with Crippen molar-refractivity contribution in [1.29, 1.82) is 0 Å². The molecule has 2 aromatic rings. The second-order valence-electron chi connectivity index (χ2n) is 6.22. The van der Waals surface area contributed by atoms with Gasteiger partial charge in [0.25, 0.3) is 0 Å². The number of benzene rings is 2. The lowest BCUT2D eigenvalue weighted by Crippen LogP contribution is -2.49. The summed E-state index contributed by atoms with van der Waals surface area (Å²) in [5, 5.41) is 9.98. The molecule has 138 valence electrons. The number of rotatable bonds is 5. The third kappa shape index (κ3) is 3.85. The number of nitrogens with zero attached hydrogens (tertiary/aromatic N) is 2. The molecule has 0 aliphatic carbocycles. The predicted octanol–water partition coefficient (Wildman–Crippen LogP) is 2.30. The molecule has 1 aliphatic rings. The molecule has 0 saturated carbocycles. The average Bonchev–Trinajstić information content (AvgIpc) is 2.68. The molecule has 1 fully saturated rings. The number of anilines is 1. The molecule has 1 saturated heterocycles. The van der Waals surface area contributed by atoms with E-state index in [-0.39, 0.29) is 11.7 Å². The van der Waals surface area contributed by atoms with Gasteiger partial charge < -0.3 is 24.4 Å². The predicted molar refractivity (Wildman–Crippen MR) is 100 cm³/mol. The van der Waals surface area contributed by atoms with Crippen LogP contribution in [0.1, 0.15) is 5.56 Å². The summed E-state index contributed by atoms with van der Waals surface area (Å²) in [5.41, 5.74) is 1.72. The van der Waals surface area contributed by atoms with E-state index >= 15 is 0 Å². The van der Waals surface area contributed by atoms with Gasteiger partial charge in [-0.25, -0.2) is 0 Å². The molecule has 1 N–H and O–H groups in total. The van der Waals surface area contributed by atoms with E-state index < -0.39 is 0 Å². The number of piperazine rings is 1. The van der Waals surface area contributed by atoms with Gasteiger partial charge in [-0.15, -0.1) is 0 Å². The number of amides is 1. The molecule has 26 heavy (non-hydrogen) atoms. The zero-order valence-corrected chi connectivity index (χ0v) is 15.1. The largest absolute Gasteiger partial charge is 0.506 e. The van der Waals surface area contributed by atoms with Crippen LogP contribution in [0, 0.1) is 0 Å². The van der Waals surface area contributed by atoms with Crippen LogP contribution in [0.2, 0.25) is 0 Å². The van der Waals surface area contributed by atoms with Crippen molar-refractivity contribution in [2.24, 2.45) is 0 Å². The Morgan fingerprint density at radius 3 is 2.35 bits per heavy atom. The van der Waals surface area contributed by atoms with Crippen molar-refractivity contribution in [2.75, 3.05) is 45.3 Å². The average molecular weight is 356 g/mol.